The first-order chi connectivity index (χ1) is 16.0. The second kappa shape index (κ2) is 10.9. The molecule has 0 heterocycles. The minimum atomic E-state index is -0.774. The largest absolute Gasteiger partial charge is 0.377 e. The fourth-order valence-electron chi connectivity index (χ4n) is 5.06. The van der Waals surface area contributed by atoms with Crippen LogP contribution < -0.4 is 0 Å². The summed E-state index contributed by atoms with van der Waals surface area (Å²) in [6, 6.07) is 11.0. The predicted molar refractivity (Wildman–Crippen MR) is 125 cm³/mol. The number of benzene rings is 2. The van der Waals surface area contributed by atoms with Crippen molar-refractivity contribution in [1.82, 2.24) is 0 Å². The SMILES string of the molecule is CCc1ccc(-c2ccc(C3CCC(OCC4CCC(OC)C=C4F)CC3)c(F)c2F)cc1. The number of ether oxygens (including phenoxy) is 2. The third-order valence-electron chi connectivity index (χ3n) is 7.27. The van der Waals surface area contributed by atoms with Crippen molar-refractivity contribution >= 4 is 0 Å². The highest BCUT2D eigenvalue weighted by atomic mass is 19.2. The number of hydrogen-bond acceptors (Lipinski definition) is 2. The van der Waals surface area contributed by atoms with Gasteiger partial charge in [0.25, 0.3) is 0 Å². The van der Waals surface area contributed by atoms with Gasteiger partial charge in [0.15, 0.2) is 11.6 Å². The van der Waals surface area contributed by atoms with Gasteiger partial charge in [0.05, 0.1) is 18.8 Å². The molecule has 0 saturated heterocycles. The van der Waals surface area contributed by atoms with Crippen LogP contribution in [0.2, 0.25) is 0 Å². The van der Waals surface area contributed by atoms with E-state index in [0.717, 1.165) is 44.1 Å². The van der Waals surface area contributed by atoms with E-state index >= 15 is 4.39 Å². The van der Waals surface area contributed by atoms with Crippen LogP contribution in [0.1, 0.15) is 62.5 Å². The predicted octanol–water partition coefficient (Wildman–Crippen LogP) is 7.52. The molecule has 4 rings (SSSR count). The third kappa shape index (κ3) is 5.52. The van der Waals surface area contributed by atoms with Crippen LogP contribution in [0, 0.1) is 17.6 Å². The number of halogens is 3. The second-order valence-corrected chi connectivity index (χ2v) is 9.29. The van der Waals surface area contributed by atoms with E-state index in [9.17, 15) is 8.78 Å². The normalized spacial score (nSPS) is 25.7. The zero-order valence-electron chi connectivity index (χ0n) is 19.5. The maximum absolute atomic E-state index is 15.0. The van der Waals surface area contributed by atoms with Crippen molar-refractivity contribution in [3.8, 4) is 11.1 Å². The molecule has 1 saturated carbocycles. The highest BCUT2D eigenvalue weighted by Gasteiger charge is 2.29. The van der Waals surface area contributed by atoms with Crippen molar-refractivity contribution in [3.05, 3.63) is 71.1 Å². The van der Waals surface area contributed by atoms with Crippen LogP contribution in [-0.4, -0.2) is 25.9 Å². The molecule has 0 spiro atoms. The Morgan fingerprint density at radius 1 is 0.848 bits per heavy atom. The molecule has 178 valence electrons. The van der Waals surface area contributed by atoms with Gasteiger partial charge in [-0.3, -0.25) is 0 Å². The van der Waals surface area contributed by atoms with Crippen LogP contribution in [-0.2, 0) is 15.9 Å². The number of methoxy groups -OCH3 is 1. The van der Waals surface area contributed by atoms with Crippen molar-refractivity contribution < 1.29 is 22.6 Å². The fourth-order valence-corrected chi connectivity index (χ4v) is 5.06. The van der Waals surface area contributed by atoms with Gasteiger partial charge in [0.1, 0.15) is 5.83 Å². The lowest BCUT2D eigenvalue weighted by Crippen LogP contribution is -2.26. The van der Waals surface area contributed by atoms with E-state index in [1.165, 1.54) is 0 Å². The Hall–Kier alpha value is -2.11. The van der Waals surface area contributed by atoms with Gasteiger partial charge in [-0.05, 0) is 73.6 Å². The van der Waals surface area contributed by atoms with Gasteiger partial charge < -0.3 is 9.47 Å². The van der Waals surface area contributed by atoms with Crippen molar-refractivity contribution in [2.45, 2.75) is 70.0 Å². The zero-order chi connectivity index (χ0) is 23.4. The van der Waals surface area contributed by atoms with E-state index in [1.54, 1.807) is 25.3 Å². The van der Waals surface area contributed by atoms with Crippen molar-refractivity contribution in [2.24, 2.45) is 5.92 Å². The molecule has 2 aromatic carbocycles. The van der Waals surface area contributed by atoms with E-state index in [-0.39, 0.29) is 29.9 Å². The Bertz CT molecular complexity index is 962. The summed E-state index contributed by atoms with van der Waals surface area (Å²) in [7, 11) is 1.59. The summed E-state index contributed by atoms with van der Waals surface area (Å²) in [4.78, 5) is 0. The van der Waals surface area contributed by atoms with Crippen LogP contribution in [0.25, 0.3) is 11.1 Å². The lowest BCUT2D eigenvalue weighted by atomic mass is 9.82. The van der Waals surface area contributed by atoms with E-state index in [2.05, 4.69) is 6.92 Å². The molecular weight excluding hydrogens is 425 g/mol. The number of hydrogen-bond donors (Lipinski definition) is 0. The standard InChI is InChI=1S/C28H33F3O2/c1-3-18-4-6-19(7-5-18)24-14-15-25(28(31)27(24)30)20-8-11-22(12-9-20)33-17-21-10-13-23(32-2)16-26(21)29/h4-7,14-16,20-23H,3,8-13,17H2,1-2H3. The lowest BCUT2D eigenvalue weighted by molar-refractivity contribution is 0.000162. The van der Waals surface area contributed by atoms with E-state index in [0.29, 0.717) is 29.7 Å². The Morgan fingerprint density at radius 3 is 2.21 bits per heavy atom. The highest BCUT2D eigenvalue weighted by Crippen LogP contribution is 2.38. The Labute approximate surface area is 194 Å². The minimum absolute atomic E-state index is 0.0235. The molecule has 2 aliphatic carbocycles. The first-order valence-corrected chi connectivity index (χ1v) is 12.1. The smallest absolute Gasteiger partial charge is 0.166 e. The molecular formula is C28H33F3O2. The van der Waals surface area contributed by atoms with Crippen molar-refractivity contribution in [2.75, 3.05) is 13.7 Å². The quantitative estimate of drug-likeness (QED) is 0.427. The molecule has 0 radical (unpaired) electrons. The molecule has 2 aliphatic rings. The van der Waals surface area contributed by atoms with Gasteiger partial charge in [0, 0.05) is 18.6 Å². The summed E-state index contributed by atoms with van der Waals surface area (Å²) >= 11 is 0. The lowest BCUT2D eigenvalue weighted by Gasteiger charge is -2.31. The molecule has 2 atom stereocenters. The van der Waals surface area contributed by atoms with E-state index < -0.39 is 11.6 Å². The molecule has 1 fully saturated rings. The topological polar surface area (TPSA) is 18.5 Å². The van der Waals surface area contributed by atoms with Gasteiger partial charge in [-0.2, -0.15) is 0 Å². The molecule has 0 aromatic heterocycles. The highest BCUT2D eigenvalue weighted by molar-refractivity contribution is 5.65. The summed E-state index contributed by atoms with van der Waals surface area (Å²) in [6.07, 6.45) is 6.88. The molecule has 0 bridgehead atoms. The maximum atomic E-state index is 15.0. The first-order valence-electron chi connectivity index (χ1n) is 12.1. The minimum Gasteiger partial charge on any atom is -0.377 e. The molecule has 0 aliphatic heterocycles. The molecule has 33 heavy (non-hydrogen) atoms. The Kier molecular flexibility index (Phi) is 7.92. The summed E-state index contributed by atoms with van der Waals surface area (Å²) in [6.45, 7) is 2.43. The summed E-state index contributed by atoms with van der Waals surface area (Å²) < 4.78 is 55.4. The molecule has 0 N–H and O–H groups in total. The van der Waals surface area contributed by atoms with Crippen LogP contribution >= 0.6 is 0 Å². The van der Waals surface area contributed by atoms with Gasteiger partial charge >= 0.3 is 0 Å². The van der Waals surface area contributed by atoms with Gasteiger partial charge in [-0.25, -0.2) is 13.2 Å². The average molecular weight is 459 g/mol. The summed E-state index contributed by atoms with van der Waals surface area (Å²) in [5, 5.41) is 0. The van der Waals surface area contributed by atoms with Crippen molar-refractivity contribution in [1.29, 1.82) is 0 Å². The van der Waals surface area contributed by atoms with Crippen LogP contribution in [0.5, 0.6) is 0 Å². The molecule has 2 nitrogen and oxygen atoms in total. The zero-order valence-corrected chi connectivity index (χ0v) is 19.5. The van der Waals surface area contributed by atoms with Crippen molar-refractivity contribution in [3.63, 3.8) is 0 Å². The summed E-state index contributed by atoms with van der Waals surface area (Å²) in [5.41, 5.74) is 2.60. The number of aryl methyl sites for hydroxylation is 1. The molecule has 5 heteroatoms. The molecule has 2 unspecified atom stereocenters. The maximum Gasteiger partial charge on any atom is 0.166 e. The van der Waals surface area contributed by atoms with Gasteiger partial charge in [-0.15, -0.1) is 0 Å². The molecule has 2 aromatic rings. The third-order valence-corrected chi connectivity index (χ3v) is 7.27. The Balaban J connectivity index is 1.34. The van der Waals surface area contributed by atoms with Crippen LogP contribution in [0.4, 0.5) is 13.2 Å². The second-order valence-electron chi connectivity index (χ2n) is 9.29. The number of rotatable bonds is 7. The Morgan fingerprint density at radius 2 is 1.58 bits per heavy atom. The van der Waals surface area contributed by atoms with E-state index in [1.807, 2.05) is 24.3 Å². The van der Waals surface area contributed by atoms with Crippen LogP contribution in [0.3, 0.4) is 0 Å². The average Bonchev–Trinajstić information content (AvgIpc) is 2.85. The summed E-state index contributed by atoms with van der Waals surface area (Å²) in [5.74, 6) is -1.89. The monoisotopic (exact) mass is 458 g/mol. The van der Waals surface area contributed by atoms with Crippen LogP contribution in [0.15, 0.2) is 48.3 Å². The fraction of sp³-hybridized carbons (Fsp3) is 0.500. The first kappa shape index (κ1) is 24.0. The van der Waals surface area contributed by atoms with Gasteiger partial charge in [0.2, 0.25) is 0 Å². The van der Waals surface area contributed by atoms with E-state index in [4.69, 9.17) is 9.47 Å². The van der Waals surface area contributed by atoms with Gasteiger partial charge in [-0.1, -0.05) is 43.3 Å². The molecule has 0 amide bonds.